The van der Waals surface area contributed by atoms with Gasteiger partial charge in [-0.2, -0.15) is 0 Å². The lowest BCUT2D eigenvalue weighted by Gasteiger charge is -1.99. The number of anilines is 1. The molecule has 1 nitrogen and oxygen atoms in total. The van der Waals surface area contributed by atoms with E-state index in [0.717, 1.165) is 12.4 Å². The summed E-state index contributed by atoms with van der Waals surface area (Å²) in [6.45, 7) is 4.97. The molecule has 0 spiro atoms. The Hall–Kier alpha value is -0.690. The van der Waals surface area contributed by atoms with Crippen molar-refractivity contribution in [3.8, 4) is 0 Å². The van der Waals surface area contributed by atoms with Gasteiger partial charge in [0.05, 0.1) is 0 Å². The van der Waals surface area contributed by atoms with Crippen LogP contribution < -0.4 is 5.32 Å². The zero-order valence-electron chi connectivity index (χ0n) is 7.68. The summed E-state index contributed by atoms with van der Waals surface area (Å²) in [4.78, 5) is 0. The lowest BCUT2D eigenvalue weighted by molar-refractivity contribution is 1.21. The van der Waals surface area contributed by atoms with Crippen LogP contribution in [0.2, 0.25) is 0 Å². The van der Waals surface area contributed by atoms with Gasteiger partial charge in [0.1, 0.15) is 0 Å². The van der Waals surface area contributed by atoms with Gasteiger partial charge in [-0.25, -0.2) is 0 Å². The van der Waals surface area contributed by atoms with Crippen LogP contribution in [0, 0.1) is 0 Å². The molecule has 0 aliphatic heterocycles. The van der Waals surface area contributed by atoms with Crippen molar-refractivity contribution in [1.82, 2.24) is 0 Å². The SMILES string of the molecule is CCCl.CCNc1ccccc1. The zero-order valence-corrected chi connectivity index (χ0v) is 8.43. The summed E-state index contributed by atoms with van der Waals surface area (Å²) in [7, 11) is 0. The Balaban J connectivity index is 0.000000354. The van der Waals surface area contributed by atoms with Gasteiger partial charge in [-0.1, -0.05) is 25.1 Å². The third kappa shape index (κ3) is 6.05. The van der Waals surface area contributed by atoms with Gasteiger partial charge in [0.15, 0.2) is 0 Å². The number of benzene rings is 1. The van der Waals surface area contributed by atoms with E-state index in [9.17, 15) is 0 Å². The second-order valence-electron chi connectivity index (χ2n) is 2.16. The molecule has 68 valence electrons. The largest absolute Gasteiger partial charge is 0.385 e. The van der Waals surface area contributed by atoms with Crippen LogP contribution in [0.3, 0.4) is 0 Å². The third-order valence-corrected chi connectivity index (χ3v) is 1.15. The van der Waals surface area contributed by atoms with Crippen molar-refractivity contribution in [2.45, 2.75) is 13.8 Å². The molecule has 0 atom stereocenters. The van der Waals surface area contributed by atoms with Crippen LogP contribution in [0.4, 0.5) is 5.69 Å². The number of hydrogen-bond acceptors (Lipinski definition) is 1. The van der Waals surface area contributed by atoms with E-state index in [0.29, 0.717) is 0 Å². The Bertz CT molecular complexity index is 174. The highest BCUT2D eigenvalue weighted by Crippen LogP contribution is 2.02. The van der Waals surface area contributed by atoms with Crippen molar-refractivity contribution in [1.29, 1.82) is 0 Å². The average Bonchev–Trinajstić information content (AvgIpc) is 2.08. The Kier molecular flexibility index (Phi) is 7.92. The standard InChI is InChI=1S/C8H11N.C2H5Cl/c1-2-9-8-6-4-3-5-7-8;1-2-3/h3-7,9H,2H2,1H3;2H2,1H3. The van der Waals surface area contributed by atoms with Crippen molar-refractivity contribution in [2.75, 3.05) is 17.7 Å². The average molecular weight is 186 g/mol. The van der Waals surface area contributed by atoms with Crippen LogP contribution in [0.5, 0.6) is 0 Å². The van der Waals surface area contributed by atoms with Crippen molar-refractivity contribution < 1.29 is 0 Å². The molecule has 0 aromatic heterocycles. The normalized spacial score (nSPS) is 8.25. The maximum absolute atomic E-state index is 5.00. The molecular formula is C10H16ClN. The molecule has 0 fully saturated rings. The number of para-hydroxylation sites is 1. The summed E-state index contributed by atoms with van der Waals surface area (Å²) in [6, 6.07) is 10.2. The lowest BCUT2D eigenvalue weighted by Crippen LogP contribution is -1.94. The summed E-state index contributed by atoms with van der Waals surface area (Å²) < 4.78 is 0. The van der Waals surface area contributed by atoms with E-state index in [2.05, 4.69) is 24.4 Å². The summed E-state index contributed by atoms with van der Waals surface area (Å²) in [5.74, 6) is 0.722. The van der Waals surface area contributed by atoms with Crippen molar-refractivity contribution in [2.24, 2.45) is 0 Å². The molecule has 0 amide bonds. The number of halogens is 1. The minimum Gasteiger partial charge on any atom is -0.385 e. The minimum atomic E-state index is 0.722. The summed E-state index contributed by atoms with van der Waals surface area (Å²) >= 11 is 5.00. The highest BCUT2D eigenvalue weighted by Gasteiger charge is 1.81. The van der Waals surface area contributed by atoms with E-state index in [1.165, 1.54) is 5.69 Å². The van der Waals surface area contributed by atoms with E-state index in [1.807, 2.05) is 25.1 Å². The Morgan fingerprint density at radius 3 is 2.08 bits per heavy atom. The van der Waals surface area contributed by atoms with Gasteiger partial charge < -0.3 is 5.32 Å². The molecule has 1 rings (SSSR count). The summed E-state index contributed by atoms with van der Waals surface area (Å²) in [5, 5.41) is 3.21. The first kappa shape index (κ1) is 11.3. The quantitative estimate of drug-likeness (QED) is 0.697. The maximum Gasteiger partial charge on any atom is 0.0340 e. The molecule has 0 saturated heterocycles. The fourth-order valence-electron chi connectivity index (χ4n) is 0.760. The molecule has 12 heavy (non-hydrogen) atoms. The van der Waals surface area contributed by atoms with Crippen molar-refractivity contribution >= 4 is 17.3 Å². The first-order chi connectivity index (χ1) is 5.85. The minimum absolute atomic E-state index is 0.722. The van der Waals surface area contributed by atoms with E-state index in [1.54, 1.807) is 0 Å². The zero-order chi connectivity index (χ0) is 9.23. The van der Waals surface area contributed by atoms with Crippen LogP contribution in [-0.2, 0) is 0 Å². The lowest BCUT2D eigenvalue weighted by atomic mass is 10.3. The van der Waals surface area contributed by atoms with Gasteiger partial charge in [0, 0.05) is 18.1 Å². The Morgan fingerprint density at radius 2 is 1.67 bits per heavy atom. The van der Waals surface area contributed by atoms with Gasteiger partial charge in [0.25, 0.3) is 0 Å². The third-order valence-electron chi connectivity index (χ3n) is 1.15. The van der Waals surface area contributed by atoms with E-state index < -0.39 is 0 Å². The molecule has 0 aliphatic carbocycles. The van der Waals surface area contributed by atoms with Crippen LogP contribution >= 0.6 is 11.6 Å². The van der Waals surface area contributed by atoms with Crippen LogP contribution in [0.1, 0.15) is 13.8 Å². The molecule has 0 radical (unpaired) electrons. The van der Waals surface area contributed by atoms with Crippen LogP contribution in [0.15, 0.2) is 30.3 Å². The molecular weight excluding hydrogens is 170 g/mol. The number of rotatable bonds is 2. The van der Waals surface area contributed by atoms with Crippen molar-refractivity contribution in [3.05, 3.63) is 30.3 Å². The van der Waals surface area contributed by atoms with Crippen LogP contribution in [-0.4, -0.2) is 12.4 Å². The van der Waals surface area contributed by atoms with Crippen LogP contribution in [0.25, 0.3) is 0 Å². The Morgan fingerprint density at radius 1 is 1.17 bits per heavy atom. The van der Waals surface area contributed by atoms with Gasteiger partial charge >= 0.3 is 0 Å². The highest BCUT2D eigenvalue weighted by molar-refractivity contribution is 6.17. The molecule has 0 saturated carbocycles. The Labute approximate surface area is 79.8 Å². The molecule has 0 unspecified atom stereocenters. The van der Waals surface area contributed by atoms with Gasteiger partial charge in [-0.3, -0.25) is 0 Å². The van der Waals surface area contributed by atoms with E-state index in [-0.39, 0.29) is 0 Å². The number of nitrogens with one attached hydrogen (secondary N) is 1. The number of alkyl halides is 1. The fourth-order valence-corrected chi connectivity index (χ4v) is 0.760. The second kappa shape index (κ2) is 8.41. The predicted molar refractivity (Wildman–Crippen MR) is 57.0 cm³/mol. The van der Waals surface area contributed by atoms with E-state index in [4.69, 9.17) is 11.6 Å². The molecule has 0 bridgehead atoms. The molecule has 1 aromatic rings. The van der Waals surface area contributed by atoms with E-state index >= 15 is 0 Å². The molecule has 1 N–H and O–H groups in total. The highest BCUT2D eigenvalue weighted by atomic mass is 35.5. The summed E-state index contributed by atoms with van der Waals surface area (Å²) in [5.41, 5.74) is 1.19. The molecule has 0 aliphatic rings. The van der Waals surface area contributed by atoms with Gasteiger partial charge in [0.2, 0.25) is 0 Å². The monoisotopic (exact) mass is 185 g/mol. The first-order valence-electron chi connectivity index (χ1n) is 4.20. The summed E-state index contributed by atoms with van der Waals surface area (Å²) in [6.07, 6.45) is 0. The fraction of sp³-hybridized carbons (Fsp3) is 0.400. The van der Waals surface area contributed by atoms with Gasteiger partial charge in [-0.15, -0.1) is 11.6 Å². The molecule has 2 heteroatoms. The maximum atomic E-state index is 5.00. The topological polar surface area (TPSA) is 12.0 Å². The second-order valence-corrected chi connectivity index (χ2v) is 2.70. The predicted octanol–water partition coefficient (Wildman–Crippen LogP) is 3.36. The smallest absolute Gasteiger partial charge is 0.0340 e. The van der Waals surface area contributed by atoms with Gasteiger partial charge in [-0.05, 0) is 19.1 Å². The first-order valence-corrected chi connectivity index (χ1v) is 4.73. The molecule has 1 aromatic carbocycles. The van der Waals surface area contributed by atoms with Crippen molar-refractivity contribution in [3.63, 3.8) is 0 Å². The number of hydrogen-bond donors (Lipinski definition) is 1. The molecule has 0 heterocycles.